The lowest BCUT2D eigenvalue weighted by atomic mass is 9.95. The van der Waals surface area contributed by atoms with Gasteiger partial charge >= 0.3 is 0 Å². The van der Waals surface area contributed by atoms with E-state index in [9.17, 15) is 4.79 Å². The molecule has 0 aromatic carbocycles. The highest BCUT2D eigenvalue weighted by Gasteiger charge is 2.43. The minimum Gasteiger partial charge on any atom is -0.370 e. The fraction of sp³-hybridized carbons (Fsp3) is 0.692. The van der Waals surface area contributed by atoms with Crippen LogP contribution in [0.15, 0.2) is 12.4 Å². The molecule has 4 nitrogen and oxygen atoms in total. The molecule has 94 valence electrons. The van der Waals surface area contributed by atoms with Gasteiger partial charge in [0.2, 0.25) is 5.78 Å². The molecule has 0 radical (unpaired) electrons. The van der Waals surface area contributed by atoms with E-state index in [-0.39, 0.29) is 5.78 Å². The van der Waals surface area contributed by atoms with Crippen LogP contribution in [0.3, 0.4) is 0 Å². The highest BCUT2D eigenvalue weighted by atomic mass is 16.5. The largest absolute Gasteiger partial charge is 0.370 e. The molecule has 1 heterocycles. The van der Waals surface area contributed by atoms with Gasteiger partial charge in [0, 0.05) is 26.0 Å². The maximum Gasteiger partial charge on any atom is 0.229 e. The van der Waals surface area contributed by atoms with Gasteiger partial charge in [-0.2, -0.15) is 0 Å². The molecule has 0 aliphatic heterocycles. The average Bonchev–Trinajstić information content (AvgIpc) is 2.97. The minimum absolute atomic E-state index is 0.0518. The highest BCUT2D eigenvalue weighted by molar-refractivity contribution is 6.00. The quantitative estimate of drug-likeness (QED) is 0.737. The molecule has 1 aliphatic rings. The Morgan fingerprint density at radius 1 is 1.53 bits per heavy atom. The van der Waals surface area contributed by atoms with Crippen molar-refractivity contribution < 1.29 is 9.53 Å². The van der Waals surface area contributed by atoms with Crippen LogP contribution in [-0.4, -0.2) is 28.0 Å². The number of ether oxygens (including phenoxy) is 1. The van der Waals surface area contributed by atoms with Crippen molar-refractivity contribution in [3.05, 3.63) is 18.2 Å². The van der Waals surface area contributed by atoms with Gasteiger partial charge in [-0.05, 0) is 32.1 Å². The van der Waals surface area contributed by atoms with Crippen molar-refractivity contribution in [3.63, 3.8) is 0 Å². The Morgan fingerprint density at radius 2 is 2.24 bits per heavy atom. The number of methoxy groups -OCH3 is 1. The fourth-order valence-corrected chi connectivity index (χ4v) is 2.61. The topological polar surface area (TPSA) is 44.1 Å². The molecule has 1 aliphatic carbocycles. The van der Waals surface area contributed by atoms with E-state index in [1.54, 1.807) is 13.3 Å². The first kappa shape index (κ1) is 12.3. The standard InChI is InChI=1S/C13H20N2O2/c1-3-9-15-10-8-14-12(15)11(16)13(17-2)6-4-5-7-13/h8,10H,3-7,9H2,1-2H3. The maximum atomic E-state index is 12.5. The molecule has 0 N–H and O–H groups in total. The summed E-state index contributed by atoms with van der Waals surface area (Å²) in [6.07, 6.45) is 8.33. The first-order valence-electron chi connectivity index (χ1n) is 6.34. The molecule has 2 rings (SSSR count). The molecule has 0 amide bonds. The lowest BCUT2D eigenvalue weighted by Crippen LogP contribution is -2.39. The van der Waals surface area contributed by atoms with Crippen molar-refractivity contribution in [2.75, 3.05) is 7.11 Å². The van der Waals surface area contributed by atoms with Crippen molar-refractivity contribution in [1.29, 1.82) is 0 Å². The van der Waals surface area contributed by atoms with Crippen LogP contribution in [0.1, 0.15) is 49.6 Å². The molecule has 0 unspecified atom stereocenters. The summed E-state index contributed by atoms with van der Waals surface area (Å²) in [5.74, 6) is 0.603. The van der Waals surface area contributed by atoms with Gasteiger partial charge in [0.15, 0.2) is 5.82 Å². The molecule has 1 fully saturated rings. The molecule has 0 saturated heterocycles. The summed E-state index contributed by atoms with van der Waals surface area (Å²) in [5, 5.41) is 0. The fourth-order valence-electron chi connectivity index (χ4n) is 2.61. The zero-order valence-electron chi connectivity index (χ0n) is 10.6. The number of aryl methyl sites for hydroxylation is 1. The van der Waals surface area contributed by atoms with Crippen molar-refractivity contribution in [3.8, 4) is 0 Å². The van der Waals surface area contributed by atoms with Gasteiger partial charge in [-0.1, -0.05) is 6.92 Å². The van der Waals surface area contributed by atoms with Crippen LogP contribution in [0.5, 0.6) is 0 Å². The third-order valence-corrected chi connectivity index (χ3v) is 3.60. The van der Waals surface area contributed by atoms with Gasteiger partial charge in [-0.25, -0.2) is 4.98 Å². The molecule has 0 atom stereocenters. The third-order valence-electron chi connectivity index (χ3n) is 3.60. The predicted octanol–water partition coefficient (Wildman–Crippen LogP) is 2.44. The maximum absolute atomic E-state index is 12.5. The smallest absolute Gasteiger partial charge is 0.229 e. The Morgan fingerprint density at radius 3 is 2.82 bits per heavy atom. The molecule has 17 heavy (non-hydrogen) atoms. The van der Waals surface area contributed by atoms with Crippen LogP contribution in [-0.2, 0) is 11.3 Å². The molecule has 1 aromatic rings. The summed E-state index contributed by atoms with van der Waals surface area (Å²) in [7, 11) is 1.64. The van der Waals surface area contributed by atoms with Crippen LogP contribution in [0, 0.1) is 0 Å². The van der Waals surface area contributed by atoms with Crippen molar-refractivity contribution in [2.24, 2.45) is 0 Å². The van der Waals surface area contributed by atoms with E-state index >= 15 is 0 Å². The molecular formula is C13H20N2O2. The number of carbonyl (C=O) groups is 1. The van der Waals surface area contributed by atoms with E-state index in [4.69, 9.17) is 4.74 Å². The van der Waals surface area contributed by atoms with Crippen LogP contribution in [0.2, 0.25) is 0 Å². The number of hydrogen-bond donors (Lipinski definition) is 0. The number of aromatic nitrogens is 2. The number of ketones is 1. The molecular weight excluding hydrogens is 216 g/mol. The molecule has 0 spiro atoms. The molecule has 1 saturated carbocycles. The van der Waals surface area contributed by atoms with Crippen molar-refractivity contribution >= 4 is 5.78 Å². The van der Waals surface area contributed by atoms with Gasteiger partial charge in [-0.15, -0.1) is 0 Å². The Labute approximate surface area is 102 Å². The van der Waals surface area contributed by atoms with E-state index in [0.29, 0.717) is 5.82 Å². The summed E-state index contributed by atoms with van der Waals surface area (Å²) in [4.78, 5) is 16.8. The van der Waals surface area contributed by atoms with E-state index in [2.05, 4.69) is 11.9 Å². The Hall–Kier alpha value is -1.16. The summed E-state index contributed by atoms with van der Waals surface area (Å²) >= 11 is 0. The summed E-state index contributed by atoms with van der Waals surface area (Å²) in [6, 6.07) is 0. The number of imidazole rings is 1. The average molecular weight is 236 g/mol. The molecule has 1 aromatic heterocycles. The van der Waals surface area contributed by atoms with Crippen molar-refractivity contribution in [1.82, 2.24) is 9.55 Å². The third kappa shape index (κ3) is 2.14. The van der Waals surface area contributed by atoms with Crippen LogP contribution >= 0.6 is 0 Å². The number of rotatable bonds is 5. The highest BCUT2D eigenvalue weighted by Crippen LogP contribution is 2.35. The van der Waals surface area contributed by atoms with Crippen LogP contribution in [0.25, 0.3) is 0 Å². The van der Waals surface area contributed by atoms with E-state index < -0.39 is 5.60 Å². The molecule has 0 bridgehead atoms. The Kier molecular flexibility index (Phi) is 3.62. The van der Waals surface area contributed by atoms with Gasteiger partial charge in [-0.3, -0.25) is 4.79 Å². The number of hydrogen-bond acceptors (Lipinski definition) is 3. The van der Waals surface area contributed by atoms with Gasteiger partial charge in [0.1, 0.15) is 5.60 Å². The van der Waals surface area contributed by atoms with E-state index in [1.165, 1.54) is 0 Å². The molecule has 4 heteroatoms. The van der Waals surface area contributed by atoms with E-state index in [1.807, 2.05) is 10.8 Å². The van der Waals surface area contributed by atoms with Gasteiger partial charge in [0.25, 0.3) is 0 Å². The monoisotopic (exact) mass is 236 g/mol. The number of nitrogens with zero attached hydrogens (tertiary/aromatic N) is 2. The van der Waals surface area contributed by atoms with E-state index in [0.717, 1.165) is 38.6 Å². The SMILES string of the molecule is CCCn1ccnc1C(=O)C1(OC)CCCC1. The van der Waals surface area contributed by atoms with Gasteiger partial charge < -0.3 is 9.30 Å². The Balaban J connectivity index is 2.26. The second kappa shape index (κ2) is 5.00. The van der Waals surface area contributed by atoms with Crippen LogP contribution < -0.4 is 0 Å². The van der Waals surface area contributed by atoms with Gasteiger partial charge in [0.05, 0.1) is 0 Å². The second-order valence-corrected chi connectivity index (χ2v) is 4.68. The summed E-state index contributed by atoms with van der Waals surface area (Å²) in [6.45, 7) is 2.93. The van der Waals surface area contributed by atoms with Crippen molar-refractivity contribution in [2.45, 2.75) is 51.2 Å². The second-order valence-electron chi connectivity index (χ2n) is 4.68. The zero-order valence-corrected chi connectivity index (χ0v) is 10.6. The summed E-state index contributed by atoms with van der Waals surface area (Å²) < 4.78 is 7.45. The Bertz CT molecular complexity index is 392. The summed E-state index contributed by atoms with van der Waals surface area (Å²) in [5.41, 5.74) is -0.614. The lowest BCUT2D eigenvalue weighted by Gasteiger charge is -2.25. The van der Waals surface area contributed by atoms with Crippen LogP contribution in [0.4, 0.5) is 0 Å². The zero-order chi connectivity index (χ0) is 12.3. The first-order chi connectivity index (χ1) is 8.23. The number of carbonyl (C=O) groups excluding carboxylic acids is 1. The first-order valence-corrected chi connectivity index (χ1v) is 6.34. The predicted molar refractivity (Wildman–Crippen MR) is 65.1 cm³/mol. The number of Topliss-reactive ketones (excluding diaryl/α,β-unsaturated/α-hetero) is 1. The lowest BCUT2D eigenvalue weighted by molar-refractivity contribution is 0.00479. The normalized spacial score (nSPS) is 18.5. The minimum atomic E-state index is -0.614.